The first-order valence-corrected chi connectivity index (χ1v) is 8.29. The van der Waals surface area contributed by atoms with Crippen LogP contribution in [-0.4, -0.2) is 17.1 Å². The lowest BCUT2D eigenvalue weighted by molar-refractivity contribution is 0.0977. The van der Waals surface area contributed by atoms with Gasteiger partial charge in [-0.3, -0.25) is 10.1 Å². The average Bonchev–Trinajstić information content (AvgIpc) is 2.51. The molecule has 0 fully saturated rings. The number of amides is 1. The molecule has 0 saturated carbocycles. The summed E-state index contributed by atoms with van der Waals surface area (Å²) in [4.78, 5) is 12.2. The van der Waals surface area contributed by atoms with Gasteiger partial charge in [0, 0.05) is 16.3 Å². The van der Waals surface area contributed by atoms with Crippen LogP contribution < -0.4 is 15.4 Å². The van der Waals surface area contributed by atoms with Crippen molar-refractivity contribution in [2.45, 2.75) is 26.9 Å². The van der Waals surface area contributed by atoms with Crippen LogP contribution in [0, 0.1) is 6.92 Å². The lowest BCUT2D eigenvalue weighted by Crippen LogP contribution is -2.34. The molecule has 0 atom stereocenters. The Balaban J connectivity index is 1.98. The lowest BCUT2D eigenvalue weighted by atomic mass is 10.2. The van der Waals surface area contributed by atoms with Crippen LogP contribution in [-0.2, 0) is 0 Å². The Hall–Kier alpha value is -2.11. The Morgan fingerprint density at radius 1 is 1.17 bits per heavy atom. The molecule has 1 amide bonds. The van der Waals surface area contributed by atoms with E-state index in [2.05, 4.69) is 10.6 Å². The minimum atomic E-state index is -0.289. The molecule has 2 N–H and O–H groups in total. The topological polar surface area (TPSA) is 50.4 Å². The van der Waals surface area contributed by atoms with Gasteiger partial charge in [-0.25, -0.2) is 0 Å². The zero-order valence-corrected chi connectivity index (χ0v) is 15.3. The van der Waals surface area contributed by atoms with E-state index < -0.39 is 0 Å². The van der Waals surface area contributed by atoms with Gasteiger partial charge in [-0.05, 0) is 75.0 Å². The molecule has 2 aromatic carbocycles. The fraction of sp³-hybridized carbons (Fsp3) is 0.222. The fourth-order valence-corrected chi connectivity index (χ4v) is 2.39. The normalized spacial score (nSPS) is 10.4. The molecular formula is C18H19ClN2O2S. The van der Waals surface area contributed by atoms with Crippen LogP contribution in [0.3, 0.4) is 0 Å². The molecular weight excluding hydrogens is 344 g/mol. The highest BCUT2D eigenvalue weighted by Crippen LogP contribution is 2.20. The maximum absolute atomic E-state index is 12.2. The summed E-state index contributed by atoms with van der Waals surface area (Å²) >= 11 is 11.2. The monoisotopic (exact) mass is 362 g/mol. The minimum absolute atomic E-state index is 0.0855. The second-order valence-electron chi connectivity index (χ2n) is 5.56. The zero-order chi connectivity index (χ0) is 17.7. The highest BCUT2D eigenvalue weighted by Gasteiger charge is 2.09. The Morgan fingerprint density at radius 2 is 1.83 bits per heavy atom. The molecule has 0 aliphatic heterocycles. The van der Waals surface area contributed by atoms with E-state index in [0.29, 0.717) is 10.6 Å². The molecule has 0 aliphatic carbocycles. The number of hydrogen-bond donors (Lipinski definition) is 2. The van der Waals surface area contributed by atoms with Gasteiger partial charge in [0.25, 0.3) is 5.91 Å². The smallest absolute Gasteiger partial charge is 0.257 e. The number of benzene rings is 2. The van der Waals surface area contributed by atoms with Crippen LogP contribution in [0.5, 0.6) is 5.75 Å². The largest absolute Gasteiger partial charge is 0.491 e. The number of carbonyl (C=O) groups excluding carboxylic acids is 1. The van der Waals surface area contributed by atoms with Crippen molar-refractivity contribution >= 4 is 40.5 Å². The number of ether oxygens (including phenoxy) is 1. The average molecular weight is 363 g/mol. The number of aryl methyl sites for hydroxylation is 1. The standard InChI is InChI=1S/C18H19ClN2O2S/c1-11(2)23-15-8-5-13(6-9-15)17(22)21-18(24)20-16-10-14(19)7-4-12(16)3/h4-11H,1-3H3,(H2,20,21,22,24). The Labute approximate surface area is 152 Å². The van der Waals surface area contributed by atoms with Crippen LogP contribution in [0.4, 0.5) is 5.69 Å². The molecule has 0 saturated heterocycles. The third-order valence-electron chi connectivity index (χ3n) is 3.16. The first-order chi connectivity index (χ1) is 11.3. The van der Waals surface area contributed by atoms with Crippen molar-refractivity contribution < 1.29 is 9.53 Å². The van der Waals surface area contributed by atoms with Crippen molar-refractivity contribution in [3.63, 3.8) is 0 Å². The van der Waals surface area contributed by atoms with Crippen molar-refractivity contribution in [3.05, 3.63) is 58.6 Å². The predicted octanol–water partition coefficient (Wildman–Crippen LogP) is 4.56. The molecule has 4 nitrogen and oxygen atoms in total. The van der Waals surface area contributed by atoms with E-state index in [-0.39, 0.29) is 17.1 Å². The molecule has 0 unspecified atom stereocenters. The molecule has 126 valence electrons. The van der Waals surface area contributed by atoms with E-state index in [1.165, 1.54) is 0 Å². The van der Waals surface area contributed by atoms with Gasteiger partial charge in [-0.2, -0.15) is 0 Å². The Morgan fingerprint density at radius 3 is 2.46 bits per heavy atom. The summed E-state index contributed by atoms with van der Waals surface area (Å²) in [7, 11) is 0. The number of halogens is 1. The van der Waals surface area contributed by atoms with Crippen LogP contribution in [0.15, 0.2) is 42.5 Å². The van der Waals surface area contributed by atoms with Crippen molar-refractivity contribution in [1.29, 1.82) is 0 Å². The van der Waals surface area contributed by atoms with Crippen LogP contribution >= 0.6 is 23.8 Å². The lowest BCUT2D eigenvalue weighted by Gasteiger charge is -2.13. The van der Waals surface area contributed by atoms with Crippen LogP contribution in [0.25, 0.3) is 0 Å². The van der Waals surface area contributed by atoms with Gasteiger partial charge in [0.2, 0.25) is 0 Å². The van der Waals surface area contributed by atoms with Gasteiger partial charge in [0.1, 0.15) is 5.75 Å². The maximum Gasteiger partial charge on any atom is 0.257 e. The van der Waals surface area contributed by atoms with E-state index in [1.807, 2.05) is 26.8 Å². The zero-order valence-electron chi connectivity index (χ0n) is 13.7. The fourth-order valence-electron chi connectivity index (χ4n) is 2.01. The van der Waals surface area contributed by atoms with E-state index in [4.69, 9.17) is 28.6 Å². The summed E-state index contributed by atoms with van der Waals surface area (Å²) in [6, 6.07) is 12.3. The number of nitrogens with one attached hydrogen (secondary N) is 2. The molecule has 6 heteroatoms. The van der Waals surface area contributed by atoms with Gasteiger partial charge >= 0.3 is 0 Å². The van der Waals surface area contributed by atoms with Crippen molar-refractivity contribution in [3.8, 4) is 5.75 Å². The number of anilines is 1. The third kappa shape index (κ3) is 5.22. The quantitative estimate of drug-likeness (QED) is 0.783. The summed E-state index contributed by atoms with van der Waals surface area (Å²) in [5.74, 6) is 0.431. The predicted molar refractivity (Wildman–Crippen MR) is 102 cm³/mol. The maximum atomic E-state index is 12.2. The van der Waals surface area contributed by atoms with Crippen molar-refractivity contribution in [2.24, 2.45) is 0 Å². The summed E-state index contributed by atoms with van der Waals surface area (Å²) in [6.07, 6.45) is 0.0855. The third-order valence-corrected chi connectivity index (χ3v) is 3.60. The summed E-state index contributed by atoms with van der Waals surface area (Å²) in [5, 5.41) is 6.44. The molecule has 0 spiro atoms. The summed E-state index contributed by atoms with van der Waals surface area (Å²) < 4.78 is 5.55. The highest BCUT2D eigenvalue weighted by atomic mass is 35.5. The summed E-state index contributed by atoms with van der Waals surface area (Å²) in [6.45, 7) is 5.82. The van der Waals surface area contributed by atoms with E-state index in [1.54, 1.807) is 36.4 Å². The minimum Gasteiger partial charge on any atom is -0.491 e. The van der Waals surface area contributed by atoms with Gasteiger partial charge in [-0.1, -0.05) is 17.7 Å². The molecule has 0 radical (unpaired) electrons. The van der Waals surface area contributed by atoms with Gasteiger partial charge in [0.15, 0.2) is 5.11 Å². The second-order valence-corrected chi connectivity index (χ2v) is 6.40. The SMILES string of the molecule is Cc1ccc(Cl)cc1NC(=S)NC(=O)c1ccc(OC(C)C)cc1. The molecule has 24 heavy (non-hydrogen) atoms. The molecule has 2 aromatic rings. The van der Waals surface area contributed by atoms with Gasteiger partial charge in [0.05, 0.1) is 6.10 Å². The highest BCUT2D eigenvalue weighted by molar-refractivity contribution is 7.80. The molecule has 0 heterocycles. The van der Waals surface area contributed by atoms with E-state index in [0.717, 1.165) is 17.0 Å². The first-order valence-electron chi connectivity index (χ1n) is 7.50. The first kappa shape index (κ1) is 18.2. The second kappa shape index (κ2) is 8.13. The summed E-state index contributed by atoms with van der Waals surface area (Å²) in [5.41, 5.74) is 2.23. The van der Waals surface area contributed by atoms with Gasteiger partial charge < -0.3 is 10.1 Å². The van der Waals surface area contributed by atoms with Gasteiger partial charge in [-0.15, -0.1) is 0 Å². The molecule has 0 aliphatic rings. The Bertz CT molecular complexity index is 745. The van der Waals surface area contributed by atoms with E-state index >= 15 is 0 Å². The molecule has 0 bridgehead atoms. The van der Waals surface area contributed by atoms with Crippen LogP contribution in [0.2, 0.25) is 5.02 Å². The molecule has 2 rings (SSSR count). The van der Waals surface area contributed by atoms with Crippen LogP contribution in [0.1, 0.15) is 29.8 Å². The van der Waals surface area contributed by atoms with Crippen molar-refractivity contribution in [1.82, 2.24) is 5.32 Å². The number of thiocarbonyl (C=S) groups is 1. The van der Waals surface area contributed by atoms with Crippen molar-refractivity contribution in [2.75, 3.05) is 5.32 Å². The number of rotatable bonds is 4. The molecule has 0 aromatic heterocycles. The number of carbonyl (C=O) groups is 1. The Kier molecular flexibility index (Phi) is 6.17. The number of hydrogen-bond acceptors (Lipinski definition) is 3. The van der Waals surface area contributed by atoms with E-state index in [9.17, 15) is 4.79 Å².